The van der Waals surface area contributed by atoms with Gasteiger partial charge in [-0.2, -0.15) is 22.0 Å². The molecule has 0 unspecified atom stereocenters. The van der Waals surface area contributed by atoms with Crippen LogP contribution in [0.3, 0.4) is 0 Å². The van der Waals surface area contributed by atoms with Crippen LogP contribution < -0.4 is 0 Å². The van der Waals surface area contributed by atoms with Crippen LogP contribution in [0.4, 0.5) is 0 Å². The standard InChI is InChI=1S/C15H16N4OS/c1-18-7-11(5-16-18)3-13-9-21-10-14(15(13)20)4-12-6-17-19(2)8-12/h3-8H,9-10H2,1-2H3. The number of nitrogens with zero attached hydrogens (tertiary/aromatic N) is 4. The summed E-state index contributed by atoms with van der Waals surface area (Å²) in [5.74, 6) is 1.62. The lowest BCUT2D eigenvalue weighted by molar-refractivity contribution is -0.112. The first-order valence-corrected chi connectivity index (χ1v) is 7.78. The van der Waals surface area contributed by atoms with E-state index in [1.54, 1.807) is 33.5 Å². The Hall–Kier alpha value is -2.08. The van der Waals surface area contributed by atoms with Gasteiger partial charge in [-0.05, 0) is 12.2 Å². The summed E-state index contributed by atoms with van der Waals surface area (Å²) < 4.78 is 3.47. The number of rotatable bonds is 2. The average Bonchev–Trinajstić information content (AvgIpc) is 3.03. The zero-order chi connectivity index (χ0) is 14.8. The van der Waals surface area contributed by atoms with Crippen LogP contribution in [-0.2, 0) is 18.9 Å². The molecule has 5 nitrogen and oxygen atoms in total. The summed E-state index contributed by atoms with van der Waals surface area (Å²) in [6.45, 7) is 0. The number of ketones is 1. The van der Waals surface area contributed by atoms with E-state index in [0.29, 0.717) is 0 Å². The number of carbonyl (C=O) groups excluding carboxylic acids is 1. The molecule has 2 aromatic rings. The van der Waals surface area contributed by atoms with E-state index in [2.05, 4.69) is 10.2 Å². The van der Waals surface area contributed by atoms with Crippen molar-refractivity contribution in [3.63, 3.8) is 0 Å². The van der Waals surface area contributed by atoms with Gasteiger partial charge < -0.3 is 0 Å². The number of Topliss-reactive ketones (excluding diaryl/α,β-unsaturated/α-hetero) is 1. The Kier molecular flexibility index (Phi) is 3.79. The number of carbonyl (C=O) groups is 1. The molecule has 1 aliphatic heterocycles. The Morgan fingerprint density at radius 1 is 1.00 bits per heavy atom. The Morgan fingerprint density at radius 2 is 1.48 bits per heavy atom. The van der Waals surface area contributed by atoms with Crippen molar-refractivity contribution in [3.05, 3.63) is 47.1 Å². The molecule has 3 heterocycles. The summed E-state index contributed by atoms with van der Waals surface area (Å²) in [5, 5.41) is 8.25. The van der Waals surface area contributed by atoms with Crippen LogP contribution in [0.5, 0.6) is 0 Å². The third-order valence-corrected chi connectivity index (χ3v) is 4.26. The maximum absolute atomic E-state index is 12.5. The molecule has 1 aliphatic rings. The third-order valence-electron chi connectivity index (χ3n) is 3.23. The lowest BCUT2D eigenvalue weighted by atomic mass is 10.0. The number of aromatic nitrogens is 4. The minimum Gasteiger partial charge on any atom is -0.289 e. The third kappa shape index (κ3) is 3.16. The van der Waals surface area contributed by atoms with Gasteiger partial charge in [0, 0.05) is 60.3 Å². The van der Waals surface area contributed by atoms with Crippen LogP contribution in [0, 0.1) is 0 Å². The normalized spacial score (nSPS) is 19.6. The van der Waals surface area contributed by atoms with Crippen molar-refractivity contribution < 1.29 is 4.79 Å². The molecule has 3 rings (SSSR count). The molecule has 6 heteroatoms. The molecule has 2 aromatic heterocycles. The van der Waals surface area contributed by atoms with E-state index in [1.165, 1.54) is 0 Å². The van der Waals surface area contributed by atoms with Crippen LogP contribution in [0.25, 0.3) is 12.2 Å². The molecule has 1 saturated heterocycles. The fourth-order valence-corrected chi connectivity index (χ4v) is 3.23. The van der Waals surface area contributed by atoms with Crippen LogP contribution in [0.15, 0.2) is 35.9 Å². The van der Waals surface area contributed by atoms with E-state index < -0.39 is 0 Å². The van der Waals surface area contributed by atoms with Crippen LogP contribution in [0.2, 0.25) is 0 Å². The topological polar surface area (TPSA) is 52.7 Å². The fourth-order valence-electron chi connectivity index (χ4n) is 2.25. The molecule has 0 bridgehead atoms. The molecular weight excluding hydrogens is 284 g/mol. The Morgan fingerprint density at radius 3 is 1.86 bits per heavy atom. The molecule has 1 fully saturated rings. The van der Waals surface area contributed by atoms with E-state index in [-0.39, 0.29) is 5.78 Å². The van der Waals surface area contributed by atoms with Gasteiger partial charge in [0.15, 0.2) is 5.78 Å². The first-order valence-electron chi connectivity index (χ1n) is 6.63. The smallest absolute Gasteiger partial charge is 0.186 e. The first kappa shape index (κ1) is 13.9. The van der Waals surface area contributed by atoms with Gasteiger partial charge in [0.25, 0.3) is 0 Å². The molecule has 108 valence electrons. The minimum absolute atomic E-state index is 0.126. The van der Waals surface area contributed by atoms with E-state index in [0.717, 1.165) is 33.8 Å². The number of hydrogen-bond acceptors (Lipinski definition) is 4. The highest BCUT2D eigenvalue weighted by atomic mass is 32.2. The van der Waals surface area contributed by atoms with Crippen LogP contribution in [-0.4, -0.2) is 36.8 Å². The fraction of sp³-hybridized carbons (Fsp3) is 0.267. The van der Waals surface area contributed by atoms with Gasteiger partial charge in [-0.15, -0.1) is 0 Å². The highest BCUT2D eigenvalue weighted by Gasteiger charge is 2.21. The van der Waals surface area contributed by atoms with Gasteiger partial charge in [-0.1, -0.05) is 0 Å². The molecular formula is C15H16N4OS. The van der Waals surface area contributed by atoms with E-state index in [9.17, 15) is 4.79 Å². The molecule has 0 aliphatic carbocycles. The van der Waals surface area contributed by atoms with Crippen LogP contribution >= 0.6 is 11.8 Å². The maximum Gasteiger partial charge on any atom is 0.186 e. The van der Waals surface area contributed by atoms with E-state index in [4.69, 9.17) is 0 Å². The van der Waals surface area contributed by atoms with Crippen molar-refractivity contribution >= 4 is 29.7 Å². The van der Waals surface area contributed by atoms with Crippen molar-refractivity contribution in [1.29, 1.82) is 0 Å². The van der Waals surface area contributed by atoms with Crippen molar-refractivity contribution in [3.8, 4) is 0 Å². The van der Waals surface area contributed by atoms with Gasteiger partial charge in [-0.3, -0.25) is 14.2 Å². The van der Waals surface area contributed by atoms with Gasteiger partial charge in [0.1, 0.15) is 0 Å². The van der Waals surface area contributed by atoms with E-state index in [1.807, 2.05) is 38.6 Å². The van der Waals surface area contributed by atoms with Crippen molar-refractivity contribution in [2.75, 3.05) is 11.5 Å². The number of hydrogen-bond donors (Lipinski definition) is 0. The number of thioether (sulfide) groups is 1. The second kappa shape index (κ2) is 5.73. The van der Waals surface area contributed by atoms with Crippen molar-refractivity contribution in [1.82, 2.24) is 19.6 Å². The molecule has 0 spiro atoms. The van der Waals surface area contributed by atoms with Gasteiger partial charge in [-0.25, -0.2) is 0 Å². The van der Waals surface area contributed by atoms with Crippen molar-refractivity contribution in [2.45, 2.75) is 0 Å². The summed E-state index contributed by atoms with van der Waals surface area (Å²) in [4.78, 5) is 12.5. The molecule has 0 N–H and O–H groups in total. The lowest BCUT2D eigenvalue weighted by Crippen LogP contribution is -2.15. The Labute approximate surface area is 127 Å². The lowest BCUT2D eigenvalue weighted by Gasteiger charge is -2.15. The highest BCUT2D eigenvalue weighted by Crippen LogP contribution is 2.26. The zero-order valence-electron chi connectivity index (χ0n) is 12.0. The van der Waals surface area contributed by atoms with Crippen molar-refractivity contribution in [2.24, 2.45) is 14.1 Å². The van der Waals surface area contributed by atoms with Crippen LogP contribution in [0.1, 0.15) is 11.1 Å². The Balaban J connectivity index is 1.87. The summed E-state index contributed by atoms with van der Waals surface area (Å²) in [5.41, 5.74) is 3.58. The monoisotopic (exact) mass is 300 g/mol. The largest absolute Gasteiger partial charge is 0.289 e. The summed E-state index contributed by atoms with van der Waals surface area (Å²) >= 11 is 1.76. The highest BCUT2D eigenvalue weighted by molar-refractivity contribution is 7.99. The second-order valence-corrected chi connectivity index (χ2v) is 6.04. The molecule has 0 radical (unpaired) electrons. The predicted octanol–water partition coefficient (Wildman–Crippen LogP) is 1.94. The minimum atomic E-state index is 0.126. The molecule has 21 heavy (non-hydrogen) atoms. The van der Waals surface area contributed by atoms with Gasteiger partial charge in [0.2, 0.25) is 0 Å². The Bertz CT molecular complexity index is 678. The molecule has 0 atom stereocenters. The van der Waals surface area contributed by atoms with Gasteiger partial charge in [0.05, 0.1) is 12.4 Å². The molecule has 0 aromatic carbocycles. The molecule has 0 amide bonds. The van der Waals surface area contributed by atoms with E-state index >= 15 is 0 Å². The molecule has 0 saturated carbocycles. The number of aryl methyl sites for hydroxylation is 2. The predicted molar refractivity (Wildman–Crippen MR) is 84.7 cm³/mol. The second-order valence-electron chi connectivity index (χ2n) is 5.06. The maximum atomic E-state index is 12.5. The summed E-state index contributed by atoms with van der Waals surface area (Å²) in [7, 11) is 3.74. The van der Waals surface area contributed by atoms with Gasteiger partial charge >= 0.3 is 0 Å². The summed E-state index contributed by atoms with van der Waals surface area (Å²) in [6.07, 6.45) is 11.2. The first-order chi connectivity index (χ1) is 10.1. The zero-order valence-corrected chi connectivity index (χ0v) is 12.8. The SMILES string of the molecule is Cn1cc(C=C2CSCC(=Cc3cnn(C)c3)C2=O)cn1. The average molecular weight is 300 g/mol. The summed E-state index contributed by atoms with van der Waals surface area (Å²) in [6, 6.07) is 0. The quantitative estimate of drug-likeness (QED) is 0.795.